The number of esters is 1. The molecule has 0 aromatic carbocycles. The van der Waals surface area contributed by atoms with Gasteiger partial charge in [-0.05, 0) is 0 Å². The molecular weight excluding hydrogens is 170 g/mol. The van der Waals surface area contributed by atoms with Crippen LogP contribution in [0.3, 0.4) is 0 Å². The number of nitrogens with one attached hydrogen (secondary N) is 1. The zero-order valence-corrected chi connectivity index (χ0v) is 7.75. The Morgan fingerprint density at radius 3 is 2.85 bits per heavy atom. The van der Waals surface area contributed by atoms with Crippen LogP contribution in [0.1, 0.15) is 0 Å². The fraction of sp³-hybridized carbons (Fsp3) is 0.667. The summed E-state index contributed by atoms with van der Waals surface area (Å²) in [7, 11) is 0. The smallest absolute Gasteiger partial charge is 0.330 e. The molecule has 0 aromatic heterocycles. The van der Waals surface area contributed by atoms with Gasteiger partial charge in [-0.1, -0.05) is 6.58 Å². The second-order valence-electron chi connectivity index (χ2n) is 2.98. The molecule has 1 rings (SSSR count). The first-order valence-electron chi connectivity index (χ1n) is 4.53. The molecule has 0 amide bonds. The average molecular weight is 186 g/mol. The molecule has 13 heavy (non-hydrogen) atoms. The predicted octanol–water partition coefficient (Wildman–Crippen LogP) is -1.37. The molecule has 1 heterocycles. The topological polar surface area (TPSA) is 40.0 Å². The van der Waals surface area contributed by atoms with Gasteiger partial charge in [0.15, 0.2) is 0 Å². The van der Waals surface area contributed by atoms with Crippen molar-refractivity contribution in [1.82, 2.24) is 0 Å². The fourth-order valence-corrected chi connectivity index (χ4v) is 1.26. The number of morpholine rings is 1. The maximum absolute atomic E-state index is 10.7. The van der Waals surface area contributed by atoms with Gasteiger partial charge in [0.2, 0.25) is 0 Å². The standard InChI is InChI=1S/C9H15NO3/c1-2-9(11)13-8-5-10-3-6-12-7-4-10/h2H,1,3-8H2/p+1. The Labute approximate surface area is 78.1 Å². The molecule has 4 nitrogen and oxygen atoms in total. The van der Waals surface area contributed by atoms with Crippen LogP contribution < -0.4 is 4.90 Å². The molecule has 1 N–H and O–H groups in total. The van der Waals surface area contributed by atoms with Gasteiger partial charge in [-0.3, -0.25) is 0 Å². The Bertz CT molecular complexity index is 176. The summed E-state index contributed by atoms with van der Waals surface area (Å²) in [5.74, 6) is -0.340. The van der Waals surface area contributed by atoms with E-state index in [9.17, 15) is 4.79 Å². The summed E-state index contributed by atoms with van der Waals surface area (Å²) < 4.78 is 10.1. The normalized spacial score (nSPS) is 18.2. The van der Waals surface area contributed by atoms with Crippen molar-refractivity contribution in [3.05, 3.63) is 12.7 Å². The van der Waals surface area contributed by atoms with Gasteiger partial charge in [0.25, 0.3) is 0 Å². The Hall–Kier alpha value is -0.870. The van der Waals surface area contributed by atoms with Gasteiger partial charge in [0.05, 0.1) is 13.2 Å². The minimum absolute atomic E-state index is 0.340. The third-order valence-corrected chi connectivity index (χ3v) is 2.07. The van der Waals surface area contributed by atoms with E-state index in [1.807, 2.05) is 0 Å². The van der Waals surface area contributed by atoms with Crippen molar-refractivity contribution in [2.24, 2.45) is 0 Å². The first kappa shape index (κ1) is 10.2. The molecule has 74 valence electrons. The van der Waals surface area contributed by atoms with E-state index in [1.165, 1.54) is 11.0 Å². The quantitative estimate of drug-likeness (QED) is 0.435. The van der Waals surface area contributed by atoms with Gasteiger partial charge in [0.1, 0.15) is 26.2 Å². The highest BCUT2D eigenvalue weighted by Gasteiger charge is 2.13. The zero-order chi connectivity index (χ0) is 9.52. The van der Waals surface area contributed by atoms with Crippen molar-refractivity contribution < 1.29 is 19.2 Å². The minimum atomic E-state index is -0.340. The molecule has 1 saturated heterocycles. The maximum atomic E-state index is 10.7. The number of hydrogen-bond donors (Lipinski definition) is 1. The Morgan fingerprint density at radius 2 is 2.23 bits per heavy atom. The fourth-order valence-electron chi connectivity index (χ4n) is 1.26. The van der Waals surface area contributed by atoms with Gasteiger partial charge in [0, 0.05) is 6.08 Å². The third-order valence-electron chi connectivity index (χ3n) is 2.07. The number of rotatable bonds is 4. The number of carbonyl (C=O) groups excluding carboxylic acids is 1. The lowest BCUT2D eigenvalue weighted by atomic mass is 10.4. The third kappa shape index (κ3) is 4.05. The summed E-state index contributed by atoms with van der Waals surface area (Å²) in [4.78, 5) is 12.1. The van der Waals surface area contributed by atoms with E-state index in [0.717, 1.165) is 32.8 Å². The van der Waals surface area contributed by atoms with Crippen molar-refractivity contribution in [2.45, 2.75) is 0 Å². The first-order chi connectivity index (χ1) is 6.33. The lowest BCUT2D eigenvalue weighted by molar-refractivity contribution is -0.908. The van der Waals surface area contributed by atoms with Crippen molar-refractivity contribution in [3.8, 4) is 0 Å². The highest BCUT2D eigenvalue weighted by molar-refractivity contribution is 5.81. The molecular formula is C9H16NO3+. The van der Waals surface area contributed by atoms with Gasteiger partial charge < -0.3 is 14.4 Å². The monoisotopic (exact) mass is 186 g/mol. The lowest BCUT2D eigenvalue weighted by Crippen LogP contribution is -3.14. The van der Waals surface area contributed by atoms with E-state index in [1.54, 1.807) is 0 Å². The van der Waals surface area contributed by atoms with Crippen LogP contribution in [0.2, 0.25) is 0 Å². The Balaban J connectivity index is 2.04. The minimum Gasteiger partial charge on any atom is -0.457 e. The molecule has 0 aliphatic carbocycles. The van der Waals surface area contributed by atoms with Gasteiger partial charge in [-0.15, -0.1) is 0 Å². The highest BCUT2D eigenvalue weighted by atomic mass is 16.5. The molecule has 0 atom stereocenters. The summed E-state index contributed by atoms with van der Waals surface area (Å²) in [5, 5.41) is 0. The van der Waals surface area contributed by atoms with Crippen molar-refractivity contribution in [3.63, 3.8) is 0 Å². The Kier molecular flexibility index (Phi) is 4.49. The summed E-state index contributed by atoms with van der Waals surface area (Å²) >= 11 is 0. The molecule has 0 saturated carbocycles. The molecule has 1 fully saturated rings. The van der Waals surface area contributed by atoms with Crippen LogP contribution in [0.15, 0.2) is 12.7 Å². The number of ether oxygens (including phenoxy) is 2. The number of quaternary nitrogens is 1. The van der Waals surface area contributed by atoms with Gasteiger partial charge >= 0.3 is 5.97 Å². The zero-order valence-electron chi connectivity index (χ0n) is 7.75. The molecule has 0 spiro atoms. The van der Waals surface area contributed by atoms with Gasteiger partial charge in [-0.2, -0.15) is 0 Å². The molecule has 0 aromatic rings. The van der Waals surface area contributed by atoms with E-state index in [0.29, 0.717) is 6.61 Å². The molecule has 4 heteroatoms. The second kappa shape index (κ2) is 5.72. The lowest BCUT2D eigenvalue weighted by Gasteiger charge is -2.23. The molecule has 0 bridgehead atoms. The average Bonchev–Trinajstić information content (AvgIpc) is 2.19. The Morgan fingerprint density at radius 1 is 1.54 bits per heavy atom. The van der Waals surface area contributed by atoms with Crippen LogP contribution in [0.4, 0.5) is 0 Å². The molecule has 0 radical (unpaired) electrons. The summed E-state index contributed by atoms with van der Waals surface area (Å²) in [6.07, 6.45) is 1.19. The van der Waals surface area contributed by atoms with E-state index in [4.69, 9.17) is 9.47 Å². The number of carbonyl (C=O) groups is 1. The van der Waals surface area contributed by atoms with Crippen LogP contribution in [-0.2, 0) is 14.3 Å². The molecule has 0 unspecified atom stereocenters. The van der Waals surface area contributed by atoms with E-state index < -0.39 is 0 Å². The summed E-state index contributed by atoms with van der Waals surface area (Å²) in [6.45, 7) is 8.29. The van der Waals surface area contributed by atoms with Crippen LogP contribution in [-0.4, -0.2) is 45.4 Å². The van der Waals surface area contributed by atoms with E-state index in [-0.39, 0.29) is 5.97 Å². The van der Waals surface area contributed by atoms with E-state index >= 15 is 0 Å². The first-order valence-corrected chi connectivity index (χ1v) is 4.53. The summed E-state index contributed by atoms with van der Waals surface area (Å²) in [5.41, 5.74) is 0. The van der Waals surface area contributed by atoms with Gasteiger partial charge in [-0.25, -0.2) is 4.79 Å². The highest BCUT2D eigenvalue weighted by Crippen LogP contribution is 1.78. The van der Waals surface area contributed by atoms with Crippen molar-refractivity contribution >= 4 is 5.97 Å². The number of hydrogen-bond acceptors (Lipinski definition) is 3. The van der Waals surface area contributed by atoms with Crippen LogP contribution in [0, 0.1) is 0 Å². The molecule has 1 aliphatic rings. The van der Waals surface area contributed by atoms with Crippen LogP contribution in [0.5, 0.6) is 0 Å². The van der Waals surface area contributed by atoms with E-state index in [2.05, 4.69) is 6.58 Å². The molecule has 1 aliphatic heterocycles. The largest absolute Gasteiger partial charge is 0.457 e. The van der Waals surface area contributed by atoms with Crippen molar-refractivity contribution in [1.29, 1.82) is 0 Å². The van der Waals surface area contributed by atoms with Crippen molar-refractivity contribution in [2.75, 3.05) is 39.5 Å². The summed E-state index contributed by atoms with van der Waals surface area (Å²) in [6, 6.07) is 0. The van der Waals surface area contributed by atoms with Crippen LogP contribution in [0.25, 0.3) is 0 Å². The maximum Gasteiger partial charge on any atom is 0.330 e. The SMILES string of the molecule is C=CC(=O)OCC[NH+]1CCOCC1. The van der Waals surface area contributed by atoms with Crippen LogP contribution >= 0.6 is 0 Å². The predicted molar refractivity (Wildman–Crippen MR) is 47.5 cm³/mol. The second-order valence-corrected chi connectivity index (χ2v) is 2.98.